The molecule has 3 saturated carbocycles. The molecule has 0 saturated heterocycles. The van der Waals surface area contributed by atoms with Gasteiger partial charge in [0.15, 0.2) is 0 Å². The van der Waals surface area contributed by atoms with Crippen LogP contribution in [0.15, 0.2) is 24.3 Å². The predicted molar refractivity (Wildman–Crippen MR) is 88.6 cm³/mol. The second-order valence-electron chi connectivity index (χ2n) is 7.15. The van der Waals surface area contributed by atoms with E-state index < -0.39 is 0 Å². The molecule has 5 atom stereocenters. The van der Waals surface area contributed by atoms with Crippen LogP contribution in [0.3, 0.4) is 0 Å². The molecule has 23 heavy (non-hydrogen) atoms. The Morgan fingerprint density at radius 3 is 2.04 bits per heavy atom. The number of carbonyl (C=O) groups is 2. The predicted octanol–water partition coefficient (Wildman–Crippen LogP) is 3.67. The second-order valence-corrected chi connectivity index (χ2v) is 7.15. The summed E-state index contributed by atoms with van der Waals surface area (Å²) >= 11 is 0. The van der Waals surface area contributed by atoms with Crippen molar-refractivity contribution in [3.8, 4) is 0 Å². The minimum atomic E-state index is -0.347. The number of hydrogen-bond acceptors (Lipinski definition) is 4. The van der Waals surface area contributed by atoms with E-state index in [2.05, 4.69) is 17.9 Å². The first-order valence-corrected chi connectivity index (χ1v) is 8.45. The van der Waals surface area contributed by atoms with Crippen LogP contribution in [0.2, 0.25) is 0 Å². The van der Waals surface area contributed by atoms with Gasteiger partial charge < -0.3 is 9.47 Å². The van der Waals surface area contributed by atoms with E-state index in [0.717, 1.165) is 24.2 Å². The molecule has 3 fully saturated rings. The first-order valence-electron chi connectivity index (χ1n) is 8.45. The van der Waals surface area contributed by atoms with Crippen molar-refractivity contribution in [2.24, 2.45) is 23.7 Å². The molecule has 0 aromatic heterocycles. The summed E-state index contributed by atoms with van der Waals surface area (Å²) in [4.78, 5) is 21.7. The first-order chi connectivity index (χ1) is 10.8. The summed E-state index contributed by atoms with van der Waals surface area (Å²) in [5.41, 5.74) is 0.966. The number of carbonyl (C=O) groups excluding carboxylic acids is 2. The average Bonchev–Trinajstić information content (AvgIpc) is 3.18. The maximum Gasteiger partial charge on any atom is 0.333 e. The fourth-order valence-corrected chi connectivity index (χ4v) is 4.55. The van der Waals surface area contributed by atoms with Gasteiger partial charge in [0.2, 0.25) is 0 Å². The molecule has 0 heterocycles. The van der Waals surface area contributed by atoms with Crippen LogP contribution < -0.4 is 0 Å². The van der Waals surface area contributed by atoms with E-state index in [0.29, 0.717) is 17.1 Å². The Morgan fingerprint density at radius 1 is 0.913 bits per heavy atom. The summed E-state index contributed by atoms with van der Waals surface area (Å²) < 4.78 is 9.85. The molecule has 0 spiro atoms. The minimum Gasteiger partial charge on any atom is -0.466 e. The van der Waals surface area contributed by atoms with Crippen LogP contribution in [0.25, 0.3) is 0 Å². The number of fused-ring (bicyclic) bond motifs is 5. The summed E-state index contributed by atoms with van der Waals surface area (Å²) in [6.07, 6.45) is 6.81. The monoisotopic (exact) mass is 320 g/mol. The third-order valence-electron chi connectivity index (χ3n) is 5.51. The lowest BCUT2D eigenvalue weighted by atomic mass is 9.80. The lowest BCUT2D eigenvalue weighted by Crippen LogP contribution is -2.32. The van der Waals surface area contributed by atoms with Gasteiger partial charge in [-0.1, -0.05) is 19.6 Å². The molecule has 5 unspecified atom stereocenters. The highest BCUT2D eigenvalue weighted by Crippen LogP contribution is 2.59. The van der Waals surface area contributed by atoms with E-state index in [1.165, 1.54) is 32.8 Å². The van der Waals surface area contributed by atoms with Crippen molar-refractivity contribution >= 4 is 11.9 Å². The molecule has 4 heteroatoms. The second kappa shape index (κ2) is 7.33. The summed E-state index contributed by atoms with van der Waals surface area (Å²) in [6.45, 7) is 10.3. The smallest absolute Gasteiger partial charge is 0.333 e. The third kappa shape index (κ3) is 3.85. The van der Waals surface area contributed by atoms with Gasteiger partial charge in [-0.05, 0) is 63.2 Å². The van der Waals surface area contributed by atoms with Gasteiger partial charge in [0, 0.05) is 11.1 Å². The molecule has 3 rings (SSSR count). The van der Waals surface area contributed by atoms with Gasteiger partial charge in [-0.25, -0.2) is 9.59 Å². The summed E-state index contributed by atoms with van der Waals surface area (Å²) in [5, 5.41) is 0. The van der Waals surface area contributed by atoms with E-state index >= 15 is 0 Å². The van der Waals surface area contributed by atoms with Crippen molar-refractivity contribution in [3.63, 3.8) is 0 Å². The number of hydrogen-bond donors (Lipinski definition) is 0. The summed E-state index contributed by atoms with van der Waals surface area (Å²) in [6, 6.07) is 0. The van der Waals surface area contributed by atoms with Crippen molar-refractivity contribution in [1.29, 1.82) is 0 Å². The van der Waals surface area contributed by atoms with E-state index in [1.54, 1.807) is 13.8 Å². The van der Waals surface area contributed by atoms with Crippen molar-refractivity contribution in [2.75, 3.05) is 7.11 Å². The van der Waals surface area contributed by atoms with Crippen LogP contribution in [0.4, 0.5) is 0 Å². The topological polar surface area (TPSA) is 52.6 Å². The van der Waals surface area contributed by atoms with Gasteiger partial charge in [-0.2, -0.15) is 0 Å². The van der Waals surface area contributed by atoms with Crippen LogP contribution in [0.5, 0.6) is 0 Å². The highest BCUT2D eigenvalue weighted by Gasteiger charge is 2.55. The van der Waals surface area contributed by atoms with E-state index in [9.17, 15) is 9.59 Å². The number of rotatable bonds is 3. The van der Waals surface area contributed by atoms with Crippen LogP contribution in [0, 0.1) is 23.7 Å². The molecule has 3 aliphatic rings. The Labute approximate surface area is 138 Å². The zero-order chi connectivity index (χ0) is 17.1. The van der Waals surface area contributed by atoms with E-state index in [4.69, 9.17) is 4.74 Å². The summed E-state index contributed by atoms with van der Waals surface area (Å²) in [5.74, 6) is 2.81. The number of ether oxygens (including phenoxy) is 2. The normalized spacial score (nSPS) is 33.3. The van der Waals surface area contributed by atoms with E-state index in [1.807, 2.05) is 0 Å². The van der Waals surface area contributed by atoms with Crippen LogP contribution in [-0.4, -0.2) is 25.2 Å². The van der Waals surface area contributed by atoms with Crippen molar-refractivity contribution in [1.82, 2.24) is 0 Å². The molecular weight excluding hydrogens is 292 g/mol. The minimum absolute atomic E-state index is 0.188. The van der Waals surface area contributed by atoms with Gasteiger partial charge >= 0.3 is 11.9 Å². The lowest BCUT2D eigenvalue weighted by Gasteiger charge is -2.31. The standard InChI is InChI=1S/C14H20O2.C5H8O2/c1-8(2)14(15)16-13-7-9-6-12(13)11-5-3-4-10(9)11;1-4(2)5(6)7-3/h9-13H,1,3-7H2,2H3;1H2,2-3H3. The quantitative estimate of drug-likeness (QED) is 0.588. The Bertz CT molecular complexity index is 507. The van der Waals surface area contributed by atoms with Gasteiger partial charge in [-0.15, -0.1) is 0 Å². The van der Waals surface area contributed by atoms with Gasteiger partial charge in [0.1, 0.15) is 6.10 Å². The van der Waals surface area contributed by atoms with Gasteiger partial charge in [-0.3, -0.25) is 0 Å². The molecule has 4 nitrogen and oxygen atoms in total. The third-order valence-corrected chi connectivity index (χ3v) is 5.51. The first kappa shape index (κ1) is 17.8. The average molecular weight is 320 g/mol. The van der Waals surface area contributed by atoms with E-state index in [-0.39, 0.29) is 18.0 Å². The van der Waals surface area contributed by atoms with Gasteiger partial charge in [0.25, 0.3) is 0 Å². The Balaban J connectivity index is 0.000000236. The zero-order valence-electron chi connectivity index (χ0n) is 14.5. The maximum absolute atomic E-state index is 11.5. The van der Waals surface area contributed by atoms with Crippen LogP contribution in [0.1, 0.15) is 46.0 Å². The fraction of sp³-hybridized carbons (Fsp3) is 0.684. The van der Waals surface area contributed by atoms with Gasteiger partial charge in [0.05, 0.1) is 7.11 Å². The molecule has 0 radical (unpaired) electrons. The maximum atomic E-state index is 11.5. The molecule has 128 valence electrons. The molecule has 0 aromatic rings. The lowest BCUT2D eigenvalue weighted by molar-refractivity contribution is -0.148. The van der Waals surface area contributed by atoms with Crippen molar-refractivity contribution in [3.05, 3.63) is 24.3 Å². The van der Waals surface area contributed by atoms with Crippen molar-refractivity contribution < 1.29 is 19.1 Å². The van der Waals surface area contributed by atoms with Crippen LogP contribution in [-0.2, 0) is 19.1 Å². The molecule has 0 N–H and O–H groups in total. The Morgan fingerprint density at radius 2 is 1.52 bits per heavy atom. The van der Waals surface area contributed by atoms with Crippen LogP contribution >= 0.6 is 0 Å². The largest absolute Gasteiger partial charge is 0.466 e. The Hall–Kier alpha value is -1.58. The fourth-order valence-electron chi connectivity index (χ4n) is 4.55. The Kier molecular flexibility index (Phi) is 5.66. The molecule has 3 aliphatic carbocycles. The summed E-state index contributed by atoms with van der Waals surface area (Å²) in [7, 11) is 1.33. The van der Waals surface area contributed by atoms with Crippen molar-refractivity contribution in [2.45, 2.75) is 52.1 Å². The molecular formula is C19H28O4. The molecule has 0 aromatic carbocycles. The highest BCUT2D eigenvalue weighted by atomic mass is 16.5. The molecule has 0 aliphatic heterocycles. The number of methoxy groups -OCH3 is 1. The molecule has 2 bridgehead atoms. The number of esters is 2. The SMILES string of the molecule is C=C(C)C(=O)OC.C=C(C)C(=O)OC1CC2CC1C1CCCC21. The highest BCUT2D eigenvalue weighted by molar-refractivity contribution is 5.87. The molecule has 0 amide bonds. The zero-order valence-corrected chi connectivity index (χ0v) is 14.5.